The van der Waals surface area contributed by atoms with Crippen LogP contribution in [0.3, 0.4) is 0 Å². The van der Waals surface area contributed by atoms with Gasteiger partial charge in [-0.1, -0.05) is 36.4 Å². The number of rotatable bonds is 26. The van der Waals surface area contributed by atoms with Crippen molar-refractivity contribution >= 4 is 75.1 Å². The number of H-pyrrole nitrogens is 3. The summed E-state index contributed by atoms with van der Waals surface area (Å²) in [6, 6.07) is 42.1. The molecule has 0 radical (unpaired) electrons. The number of methoxy groups -OCH3 is 3. The van der Waals surface area contributed by atoms with Crippen LogP contribution in [0.4, 0.5) is 32.2 Å². The Morgan fingerprint density at radius 2 is 0.917 bits per heavy atom. The van der Waals surface area contributed by atoms with Crippen LogP contribution in [0.2, 0.25) is 0 Å². The molecular weight excluding hydrogens is 1390 g/mol. The summed E-state index contributed by atoms with van der Waals surface area (Å²) in [5.74, 6) is 1.06. The van der Waals surface area contributed by atoms with Crippen molar-refractivity contribution < 1.29 is 47.6 Å². The van der Waals surface area contributed by atoms with Gasteiger partial charge in [-0.05, 0) is 148 Å². The molecule has 2 saturated heterocycles. The highest BCUT2D eigenvalue weighted by molar-refractivity contribution is 6.00. The highest BCUT2D eigenvalue weighted by atomic mass is 16.6. The molecule has 564 valence electrons. The Hall–Kier alpha value is -12.0. The van der Waals surface area contributed by atoms with Crippen molar-refractivity contribution in [1.82, 2.24) is 79.4 Å². The fourth-order valence-corrected chi connectivity index (χ4v) is 12.8. The Balaban J connectivity index is 0.000000152. The van der Waals surface area contributed by atoms with Gasteiger partial charge in [0.1, 0.15) is 0 Å². The zero-order valence-corrected chi connectivity index (χ0v) is 62.1. The predicted molar refractivity (Wildman–Crippen MR) is 417 cm³/mol. The number of imidazole rings is 3. The lowest BCUT2D eigenvalue weighted by Crippen LogP contribution is -2.48. The standard InChI is InChI=1S/C27H32N6O4.C27H30N6O3.C26H27N7O3/c1-4-37-27(34)32-26-30-24-16-20(15-22(25(24)31-26)23-7-5-6-10-28-23)19-8-9-21(29-17-19)18-33(11-13-35-2)12-14-36-3;1-3-36-27(34)32-26-30-24-14-19(13-22(25(24)31-26)23-8-4-5-11-28-23)18-9-10-20(29-15-18)16-33-12-6-7-21(33)17-35-2;1-3-36-26(35)31-25-29-22-13-18(12-20(24(22)30-25)21-6-4-5-9-27-21)17-7-8-19(28-14-17)15-33-11-10-32(2)23(34)16-33/h5-10,15-17H,4,11-14,18H2,1-3H3,(H2,30,31,32,34);4-5,8-11,13-15,21H,3,6-7,12,16-17H2,1-2H3,(H2,30,31,32,34);4-9,12-14H,3,10-11,15-16H2,1-2H3,(H2,29,30,31,35)/t;21-;/m.0./s1. The summed E-state index contributed by atoms with van der Waals surface area (Å²) in [6.45, 7) is 14.9. The monoisotopic (exact) mass is 1480 g/mol. The number of aromatic amines is 3. The van der Waals surface area contributed by atoms with Crippen LogP contribution in [0.5, 0.6) is 0 Å². The van der Waals surface area contributed by atoms with Crippen molar-refractivity contribution in [3.8, 4) is 67.2 Å². The fraction of sp³-hybridized carbons (Fsp3) is 0.312. The second-order valence-corrected chi connectivity index (χ2v) is 25.8. The molecule has 11 heterocycles. The molecule has 1 atom stereocenters. The van der Waals surface area contributed by atoms with Crippen LogP contribution < -0.4 is 16.0 Å². The molecule has 0 spiro atoms. The fourth-order valence-electron chi connectivity index (χ4n) is 12.8. The maximum Gasteiger partial charge on any atom is 0.413 e. The molecule has 4 amide bonds. The zero-order chi connectivity index (χ0) is 76.0. The number of anilines is 3. The van der Waals surface area contributed by atoms with Gasteiger partial charge in [0.15, 0.2) is 0 Å². The Labute approximate surface area is 630 Å². The number of nitrogens with zero attached hydrogens (tertiary/aromatic N) is 13. The number of pyridine rings is 6. The summed E-state index contributed by atoms with van der Waals surface area (Å²) < 4.78 is 30.8. The molecule has 3 aromatic carbocycles. The summed E-state index contributed by atoms with van der Waals surface area (Å²) in [5, 5.41) is 7.92. The molecule has 109 heavy (non-hydrogen) atoms. The molecule has 0 aliphatic carbocycles. The lowest BCUT2D eigenvalue weighted by Gasteiger charge is -2.31. The van der Waals surface area contributed by atoms with Gasteiger partial charge in [-0.2, -0.15) is 0 Å². The highest BCUT2D eigenvalue weighted by Crippen LogP contribution is 2.37. The predicted octanol–water partition coefficient (Wildman–Crippen LogP) is 12.7. The lowest BCUT2D eigenvalue weighted by atomic mass is 10.0. The van der Waals surface area contributed by atoms with Gasteiger partial charge in [-0.15, -0.1) is 0 Å². The van der Waals surface area contributed by atoms with E-state index in [-0.39, 0.29) is 25.7 Å². The second-order valence-electron chi connectivity index (χ2n) is 25.8. The van der Waals surface area contributed by atoms with Crippen molar-refractivity contribution in [3.63, 3.8) is 0 Å². The van der Waals surface area contributed by atoms with Crippen LogP contribution >= 0.6 is 0 Å². The van der Waals surface area contributed by atoms with Crippen LogP contribution in [0, 0.1) is 0 Å². The zero-order valence-electron chi connectivity index (χ0n) is 62.1. The highest BCUT2D eigenvalue weighted by Gasteiger charge is 2.26. The molecule has 2 aliphatic rings. The van der Waals surface area contributed by atoms with Gasteiger partial charge in [0, 0.05) is 151 Å². The van der Waals surface area contributed by atoms with Gasteiger partial charge in [0.25, 0.3) is 0 Å². The van der Waals surface area contributed by atoms with E-state index < -0.39 is 18.3 Å². The third-order valence-electron chi connectivity index (χ3n) is 18.3. The quantitative estimate of drug-likeness (QED) is 0.0274. The summed E-state index contributed by atoms with van der Waals surface area (Å²) in [7, 11) is 6.99. The molecule has 2 fully saturated rings. The number of hydrogen-bond acceptors (Lipinski definition) is 22. The largest absolute Gasteiger partial charge is 0.450 e. The number of piperazine rings is 1. The third-order valence-corrected chi connectivity index (χ3v) is 18.3. The van der Waals surface area contributed by atoms with Gasteiger partial charge in [0.2, 0.25) is 23.8 Å². The van der Waals surface area contributed by atoms with E-state index in [9.17, 15) is 19.2 Å². The first-order valence-corrected chi connectivity index (χ1v) is 36.2. The first-order valence-electron chi connectivity index (χ1n) is 36.2. The van der Waals surface area contributed by atoms with E-state index in [0.29, 0.717) is 73.3 Å². The smallest absolute Gasteiger partial charge is 0.413 e. The number of carbonyl (C=O) groups is 4. The van der Waals surface area contributed by atoms with Crippen LogP contribution in [0.1, 0.15) is 50.7 Å². The molecule has 0 unspecified atom stereocenters. The van der Waals surface area contributed by atoms with E-state index in [1.165, 1.54) is 12.8 Å². The van der Waals surface area contributed by atoms with E-state index in [2.05, 4.69) is 105 Å². The minimum atomic E-state index is -0.571. The van der Waals surface area contributed by atoms with Gasteiger partial charge < -0.3 is 48.3 Å². The average molecular weight is 1480 g/mol. The van der Waals surface area contributed by atoms with Crippen LogP contribution in [0.15, 0.2) is 165 Å². The first kappa shape index (κ1) is 76.7. The minimum absolute atomic E-state index is 0.129. The Morgan fingerprint density at radius 3 is 1.28 bits per heavy atom. The molecule has 29 heteroatoms. The minimum Gasteiger partial charge on any atom is -0.450 e. The van der Waals surface area contributed by atoms with E-state index in [4.69, 9.17) is 38.4 Å². The number of nitrogens with one attached hydrogen (secondary N) is 6. The van der Waals surface area contributed by atoms with Crippen molar-refractivity contribution in [2.45, 2.75) is 59.3 Å². The van der Waals surface area contributed by atoms with Crippen molar-refractivity contribution in [2.75, 3.05) is 123 Å². The summed E-state index contributed by atoms with van der Waals surface area (Å²) in [5.41, 5.74) is 17.9. The Kier molecular flexibility index (Phi) is 26.4. The van der Waals surface area contributed by atoms with E-state index in [1.54, 1.807) is 65.6 Å². The third kappa shape index (κ3) is 20.2. The number of likely N-dealkylation sites (tertiary alicyclic amines) is 1. The topological polar surface area (TPSA) is 336 Å². The van der Waals surface area contributed by atoms with E-state index >= 15 is 0 Å². The van der Waals surface area contributed by atoms with Gasteiger partial charge in [-0.25, -0.2) is 29.3 Å². The summed E-state index contributed by atoms with van der Waals surface area (Å²) in [6.07, 6.45) is 11.5. The molecule has 29 nitrogen and oxygen atoms in total. The number of benzene rings is 3. The number of hydrogen-bond donors (Lipinski definition) is 6. The van der Waals surface area contributed by atoms with Gasteiger partial charge >= 0.3 is 18.3 Å². The van der Waals surface area contributed by atoms with E-state index in [1.807, 2.05) is 129 Å². The van der Waals surface area contributed by atoms with E-state index in [0.717, 1.165) is 147 Å². The molecule has 12 aromatic rings. The first-order chi connectivity index (χ1) is 53.2. The van der Waals surface area contributed by atoms with Crippen LogP contribution in [-0.2, 0) is 52.8 Å². The number of fused-ring (bicyclic) bond motifs is 3. The number of likely N-dealkylation sites (N-methyl/N-ethyl adjacent to an activating group) is 1. The molecule has 0 saturated carbocycles. The molecule has 2 aliphatic heterocycles. The maximum absolute atomic E-state index is 12.0. The summed E-state index contributed by atoms with van der Waals surface area (Å²) >= 11 is 0. The van der Waals surface area contributed by atoms with Crippen molar-refractivity contribution in [1.29, 1.82) is 0 Å². The normalized spacial score (nSPS) is 13.8. The number of aromatic nitrogens is 12. The van der Waals surface area contributed by atoms with Crippen LogP contribution in [0.25, 0.3) is 100 Å². The number of ether oxygens (including phenoxy) is 6. The van der Waals surface area contributed by atoms with Gasteiger partial charge in [0.05, 0.1) is 113 Å². The Morgan fingerprint density at radius 1 is 0.495 bits per heavy atom. The Bertz CT molecular complexity index is 4990. The number of carbonyl (C=O) groups excluding carboxylic acids is 4. The molecule has 14 rings (SSSR count). The number of amides is 4. The molecule has 6 N–H and O–H groups in total. The summed E-state index contributed by atoms with van der Waals surface area (Å²) in [4.78, 5) is 107. The molecular formula is C80H89N19O10. The van der Waals surface area contributed by atoms with Crippen LogP contribution in [-0.4, -0.2) is 217 Å². The molecule has 9 aromatic heterocycles. The van der Waals surface area contributed by atoms with Crippen molar-refractivity contribution in [3.05, 3.63) is 182 Å². The van der Waals surface area contributed by atoms with Gasteiger partial charge in [-0.3, -0.25) is 65.3 Å². The second kappa shape index (κ2) is 37.5. The molecule has 0 bridgehead atoms. The SMILES string of the molecule is CCOC(=O)Nc1nc2c(-c3ccccn3)cc(-c3ccc(CN(CCOC)CCOC)nc3)cc2[nH]1.CCOC(=O)Nc1nc2c(-c3ccccn3)cc(-c3ccc(CN4CCC[C@H]4COC)nc3)cc2[nH]1.CCOC(=O)Nc1nc2c(-c3ccccn3)cc(-c3ccc(CN4CCN(C)C(=O)C4)nc3)cc2[nH]1. The maximum atomic E-state index is 12.0. The van der Waals surface area contributed by atoms with Crippen molar-refractivity contribution in [2.24, 2.45) is 0 Å². The average Bonchev–Trinajstić information content (AvgIpc) is 1.69. The lowest BCUT2D eigenvalue weighted by molar-refractivity contribution is -0.134.